The first-order chi connectivity index (χ1) is 6.07. The van der Waals surface area contributed by atoms with Crippen LogP contribution in [-0.4, -0.2) is 23.7 Å². The van der Waals surface area contributed by atoms with Gasteiger partial charge in [-0.3, -0.25) is 4.79 Å². The molecular weight excluding hydrogens is 166 g/mol. The maximum atomic E-state index is 10.7. The van der Waals surface area contributed by atoms with Gasteiger partial charge in [0.15, 0.2) is 0 Å². The fourth-order valence-electron chi connectivity index (χ4n) is 1.06. The third-order valence-electron chi connectivity index (χ3n) is 1.67. The minimum Gasteiger partial charge on any atom is -0.480 e. The summed E-state index contributed by atoms with van der Waals surface area (Å²) >= 11 is 0. The van der Waals surface area contributed by atoms with Crippen molar-refractivity contribution in [3.05, 3.63) is 0 Å². The second kappa shape index (κ2) is 6.50. The van der Waals surface area contributed by atoms with Crippen LogP contribution in [0.5, 0.6) is 0 Å². The van der Waals surface area contributed by atoms with Crippen LogP contribution in [0.4, 0.5) is 0 Å². The van der Waals surface area contributed by atoms with Gasteiger partial charge in [-0.15, -0.1) is 12.3 Å². The Morgan fingerprint density at radius 3 is 2.62 bits per heavy atom. The summed E-state index contributed by atoms with van der Waals surface area (Å²) in [5.74, 6) is 2.03. The highest BCUT2D eigenvalue weighted by Gasteiger charge is 2.17. The zero-order chi connectivity index (χ0) is 10.3. The van der Waals surface area contributed by atoms with Crippen LogP contribution in [-0.2, 0) is 4.79 Å². The molecule has 74 valence electrons. The number of rotatable bonds is 6. The molecule has 3 nitrogen and oxygen atoms in total. The van der Waals surface area contributed by atoms with Crippen molar-refractivity contribution >= 4 is 5.97 Å². The molecule has 0 radical (unpaired) electrons. The van der Waals surface area contributed by atoms with E-state index in [1.54, 1.807) is 0 Å². The third kappa shape index (κ3) is 6.18. The lowest BCUT2D eigenvalue weighted by Gasteiger charge is -2.15. The van der Waals surface area contributed by atoms with Crippen molar-refractivity contribution < 1.29 is 9.90 Å². The average molecular weight is 183 g/mol. The molecule has 1 atom stereocenters. The van der Waals surface area contributed by atoms with Crippen molar-refractivity contribution in [3.63, 3.8) is 0 Å². The minimum atomic E-state index is -0.800. The highest BCUT2D eigenvalue weighted by molar-refractivity contribution is 5.73. The largest absolute Gasteiger partial charge is 0.480 e. The molecular formula is C10H17NO2. The molecule has 0 bridgehead atoms. The Morgan fingerprint density at radius 2 is 2.23 bits per heavy atom. The van der Waals surface area contributed by atoms with E-state index in [4.69, 9.17) is 11.5 Å². The van der Waals surface area contributed by atoms with Gasteiger partial charge in [-0.1, -0.05) is 13.8 Å². The maximum absolute atomic E-state index is 10.7. The van der Waals surface area contributed by atoms with E-state index in [2.05, 4.69) is 11.2 Å². The van der Waals surface area contributed by atoms with E-state index in [0.29, 0.717) is 25.3 Å². The molecule has 0 aliphatic heterocycles. The fraction of sp³-hybridized carbons (Fsp3) is 0.700. The summed E-state index contributed by atoms with van der Waals surface area (Å²) in [4.78, 5) is 10.7. The Labute approximate surface area is 79.5 Å². The Bertz CT molecular complexity index is 194. The number of aliphatic carboxylic acids is 1. The maximum Gasteiger partial charge on any atom is 0.320 e. The van der Waals surface area contributed by atoms with Crippen LogP contribution >= 0.6 is 0 Å². The van der Waals surface area contributed by atoms with Crippen molar-refractivity contribution in [2.75, 3.05) is 6.54 Å². The van der Waals surface area contributed by atoms with Gasteiger partial charge in [-0.2, -0.15) is 0 Å². The molecule has 0 spiro atoms. The molecule has 0 aromatic rings. The zero-order valence-corrected chi connectivity index (χ0v) is 8.21. The molecule has 2 N–H and O–H groups in total. The van der Waals surface area contributed by atoms with Crippen molar-refractivity contribution in [3.8, 4) is 12.3 Å². The molecule has 0 fully saturated rings. The van der Waals surface area contributed by atoms with E-state index in [1.807, 2.05) is 13.8 Å². The first-order valence-corrected chi connectivity index (χ1v) is 4.47. The van der Waals surface area contributed by atoms with Crippen LogP contribution in [0.1, 0.15) is 26.7 Å². The normalized spacial score (nSPS) is 12.5. The average Bonchev–Trinajstić information content (AvgIpc) is 2.02. The Morgan fingerprint density at radius 1 is 1.62 bits per heavy atom. The molecule has 0 aromatic carbocycles. The third-order valence-corrected chi connectivity index (χ3v) is 1.67. The smallest absolute Gasteiger partial charge is 0.320 e. The molecule has 0 aromatic heterocycles. The summed E-state index contributed by atoms with van der Waals surface area (Å²) in [5.41, 5.74) is 0. The van der Waals surface area contributed by atoms with Gasteiger partial charge in [-0.05, 0) is 12.3 Å². The Balaban J connectivity index is 3.82. The highest BCUT2D eigenvalue weighted by Crippen LogP contribution is 2.04. The predicted molar refractivity (Wildman–Crippen MR) is 52.3 cm³/mol. The van der Waals surface area contributed by atoms with E-state index in [-0.39, 0.29) is 0 Å². The minimum absolute atomic E-state index is 0.374. The van der Waals surface area contributed by atoms with Crippen molar-refractivity contribution in [2.24, 2.45) is 5.92 Å². The van der Waals surface area contributed by atoms with E-state index in [0.717, 1.165) is 0 Å². The molecule has 0 rings (SSSR count). The van der Waals surface area contributed by atoms with Crippen molar-refractivity contribution in [1.82, 2.24) is 5.32 Å². The SMILES string of the molecule is C#CCCN[C@@H](CC(C)C)C(=O)O. The number of hydrogen-bond acceptors (Lipinski definition) is 2. The molecule has 0 saturated heterocycles. The van der Waals surface area contributed by atoms with Crippen LogP contribution in [0.25, 0.3) is 0 Å². The van der Waals surface area contributed by atoms with Crippen LogP contribution in [0.3, 0.4) is 0 Å². The molecule has 13 heavy (non-hydrogen) atoms. The van der Waals surface area contributed by atoms with E-state index in [9.17, 15) is 4.79 Å². The van der Waals surface area contributed by atoms with Crippen LogP contribution < -0.4 is 5.32 Å². The van der Waals surface area contributed by atoms with Crippen LogP contribution in [0.2, 0.25) is 0 Å². The van der Waals surface area contributed by atoms with Gasteiger partial charge < -0.3 is 10.4 Å². The number of nitrogens with one attached hydrogen (secondary N) is 1. The number of carboxylic acids is 1. The molecule has 0 saturated carbocycles. The lowest BCUT2D eigenvalue weighted by Crippen LogP contribution is -2.38. The summed E-state index contributed by atoms with van der Waals surface area (Å²) in [7, 11) is 0. The van der Waals surface area contributed by atoms with E-state index < -0.39 is 12.0 Å². The summed E-state index contributed by atoms with van der Waals surface area (Å²) < 4.78 is 0. The van der Waals surface area contributed by atoms with Gasteiger partial charge in [0.2, 0.25) is 0 Å². The van der Waals surface area contributed by atoms with Crippen molar-refractivity contribution in [2.45, 2.75) is 32.7 Å². The molecule has 0 aliphatic carbocycles. The summed E-state index contributed by atoms with van der Waals surface area (Å²) in [6, 6.07) is -0.464. The number of carboxylic acid groups (broad SMARTS) is 1. The molecule has 0 amide bonds. The topological polar surface area (TPSA) is 49.3 Å². The molecule has 0 heterocycles. The molecule has 0 unspecified atom stereocenters. The number of terminal acetylenes is 1. The van der Waals surface area contributed by atoms with Gasteiger partial charge in [0.05, 0.1) is 0 Å². The highest BCUT2D eigenvalue weighted by atomic mass is 16.4. The lowest BCUT2D eigenvalue weighted by atomic mass is 10.0. The van der Waals surface area contributed by atoms with E-state index in [1.165, 1.54) is 0 Å². The van der Waals surface area contributed by atoms with Gasteiger partial charge in [-0.25, -0.2) is 0 Å². The Hall–Kier alpha value is -1.01. The van der Waals surface area contributed by atoms with Crippen LogP contribution in [0, 0.1) is 18.3 Å². The standard InChI is InChI=1S/C10H17NO2/c1-4-5-6-11-9(10(12)13)7-8(2)3/h1,8-9,11H,5-7H2,2-3H3,(H,12,13)/t9-/m0/s1. The van der Waals surface area contributed by atoms with Gasteiger partial charge in [0, 0.05) is 13.0 Å². The summed E-state index contributed by atoms with van der Waals surface area (Å²) in [5, 5.41) is 11.7. The first kappa shape index (κ1) is 12.0. The quantitative estimate of drug-likeness (QED) is 0.479. The van der Waals surface area contributed by atoms with E-state index >= 15 is 0 Å². The lowest BCUT2D eigenvalue weighted by molar-refractivity contribution is -0.139. The van der Waals surface area contributed by atoms with Gasteiger partial charge >= 0.3 is 5.97 Å². The summed E-state index contributed by atoms with van der Waals surface area (Å²) in [6.45, 7) is 4.57. The summed E-state index contributed by atoms with van der Waals surface area (Å²) in [6.07, 6.45) is 6.26. The van der Waals surface area contributed by atoms with Gasteiger partial charge in [0.25, 0.3) is 0 Å². The monoisotopic (exact) mass is 183 g/mol. The first-order valence-electron chi connectivity index (χ1n) is 4.47. The van der Waals surface area contributed by atoms with Crippen molar-refractivity contribution in [1.29, 1.82) is 0 Å². The Kier molecular flexibility index (Phi) is 5.99. The molecule has 0 aliphatic rings. The predicted octanol–water partition coefficient (Wildman–Crippen LogP) is 1.10. The van der Waals surface area contributed by atoms with Gasteiger partial charge in [0.1, 0.15) is 6.04 Å². The second-order valence-electron chi connectivity index (χ2n) is 3.43. The van der Waals surface area contributed by atoms with Crippen LogP contribution in [0.15, 0.2) is 0 Å². The number of carbonyl (C=O) groups is 1. The number of hydrogen-bond donors (Lipinski definition) is 2. The second-order valence-corrected chi connectivity index (χ2v) is 3.43. The molecule has 3 heteroatoms. The fourth-order valence-corrected chi connectivity index (χ4v) is 1.06. The zero-order valence-electron chi connectivity index (χ0n) is 8.21.